The molecule has 0 unspecified atom stereocenters. The normalized spacial score (nSPS) is 13.5. The number of nitrogens with two attached hydrogens (primary N) is 1. The first-order valence-corrected chi connectivity index (χ1v) is 11.3. The summed E-state index contributed by atoms with van der Waals surface area (Å²) in [5.41, 5.74) is 11.2. The van der Waals surface area contributed by atoms with Crippen LogP contribution in [-0.2, 0) is 6.42 Å². The molecule has 3 N–H and O–H groups in total. The second kappa shape index (κ2) is 9.77. The topological polar surface area (TPSA) is 95.5 Å². The van der Waals surface area contributed by atoms with Gasteiger partial charge in [0, 0.05) is 37.0 Å². The summed E-state index contributed by atoms with van der Waals surface area (Å²) < 4.78 is 19.8. The maximum atomic E-state index is 14.0. The summed E-state index contributed by atoms with van der Waals surface area (Å²) in [7, 11) is 0. The van der Waals surface area contributed by atoms with Gasteiger partial charge in [0.1, 0.15) is 22.3 Å². The van der Waals surface area contributed by atoms with E-state index in [1.165, 1.54) is 18.2 Å². The first-order chi connectivity index (χ1) is 16.2. The number of benzene rings is 1. The molecule has 3 heterocycles. The van der Waals surface area contributed by atoms with Crippen molar-refractivity contribution in [2.24, 2.45) is 5.73 Å². The van der Waals surface area contributed by atoms with Gasteiger partial charge in [-0.2, -0.15) is 0 Å². The van der Waals surface area contributed by atoms with E-state index in [4.69, 9.17) is 22.1 Å². The summed E-state index contributed by atoms with van der Waals surface area (Å²) in [5, 5.41) is 0.559. The minimum Gasteiger partial charge on any atom is -0.492 e. The van der Waals surface area contributed by atoms with Gasteiger partial charge < -0.3 is 15.4 Å². The third-order valence-electron chi connectivity index (χ3n) is 5.70. The van der Waals surface area contributed by atoms with Crippen molar-refractivity contribution >= 4 is 23.1 Å². The maximum Gasteiger partial charge on any atom is 0.328 e. The van der Waals surface area contributed by atoms with E-state index in [1.807, 2.05) is 32.9 Å². The van der Waals surface area contributed by atoms with Crippen molar-refractivity contribution in [3.05, 3.63) is 87.1 Å². The fourth-order valence-corrected chi connectivity index (χ4v) is 3.89. The SMILES string of the molecule is Cc1ccc(CCOc2cc(F)ccc2C(=O)N2CC(N)=C(c3nc(C)c(Cl)c(C)[nH+]3)C2)cn1. The largest absolute Gasteiger partial charge is 0.492 e. The zero-order chi connectivity index (χ0) is 24.4. The van der Waals surface area contributed by atoms with E-state index < -0.39 is 5.82 Å². The highest BCUT2D eigenvalue weighted by atomic mass is 35.5. The molecule has 7 nitrogen and oxygen atoms in total. The number of H-pyrrole nitrogens is 1. The molecule has 0 saturated heterocycles. The molecule has 3 aromatic rings. The predicted molar refractivity (Wildman–Crippen MR) is 127 cm³/mol. The highest BCUT2D eigenvalue weighted by Gasteiger charge is 2.32. The van der Waals surface area contributed by atoms with Crippen LogP contribution in [-0.4, -0.2) is 40.5 Å². The van der Waals surface area contributed by atoms with Crippen LogP contribution in [0.25, 0.3) is 5.57 Å². The molecule has 0 spiro atoms. The second-order valence-electron chi connectivity index (χ2n) is 8.32. The predicted octanol–water partition coefficient (Wildman–Crippen LogP) is 3.46. The van der Waals surface area contributed by atoms with Crippen LogP contribution in [0.15, 0.2) is 42.2 Å². The van der Waals surface area contributed by atoms with E-state index in [9.17, 15) is 9.18 Å². The van der Waals surface area contributed by atoms with Gasteiger partial charge in [-0.05, 0) is 42.6 Å². The Balaban J connectivity index is 1.49. The summed E-state index contributed by atoms with van der Waals surface area (Å²) in [5.74, 6) is -0.00368. The van der Waals surface area contributed by atoms with E-state index in [0.717, 1.165) is 22.5 Å². The molecule has 1 aliphatic rings. The van der Waals surface area contributed by atoms with Gasteiger partial charge in [0.15, 0.2) is 5.69 Å². The van der Waals surface area contributed by atoms with Crippen molar-refractivity contribution in [2.75, 3.05) is 19.7 Å². The highest BCUT2D eigenvalue weighted by Crippen LogP contribution is 2.27. The van der Waals surface area contributed by atoms with Crippen molar-refractivity contribution in [1.29, 1.82) is 0 Å². The molecule has 0 radical (unpaired) electrons. The minimum atomic E-state index is -0.478. The Kier molecular flexibility index (Phi) is 6.79. The Labute approximate surface area is 202 Å². The number of pyridine rings is 1. The zero-order valence-electron chi connectivity index (χ0n) is 19.3. The first-order valence-electron chi connectivity index (χ1n) is 10.9. The van der Waals surface area contributed by atoms with Crippen LogP contribution in [0, 0.1) is 26.6 Å². The number of aromatic nitrogens is 3. The van der Waals surface area contributed by atoms with Gasteiger partial charge in [0.05, 0.1) is 30.8 Å². The van der Waals surface area contributed by atoms with Gasteiger partial charge in [-0.25, -0.2) is 9.37 Å². The number of aryl methyl sites for hydroxylation is 3. The van der Waals surface area contributed by atoms with Crippen molar-refractivity contribution in [3.8, 4) is 5.75 Å². The average molecular weight is 483 g/mol. The molecule has 9 heteroatoms. The number of nitrogens with one attached hydrogen (secondary N) is 1. The number of nitrogens with zero attached hydrogens (tertiary/aromatic N) is 3. The smallest absolute Gasteiger partial charge is 0.328 e. The molecule has 0 saturated carbocycles. The quantitative estimate of drug-likeness (QED) is 0.580. The van der Waals surface area contributed by atoms with Gasteiger partial charge in [-0.3, -0.25) is 9.78 Å². The Morgan fingerprint density at radius 3 is 2.74 bits per heavy atom. The van der Waals surface area contributed by atoms with Crippen molar-refractivity contribution in [1.82, 2.24) is 14.9 Å². The molecule has 1 aromatic carbocycles. The maximum absolute atomic E-state index is 14.0. The van der Waals surface area contributed by atoms with Crippen molar-refractivity contribution in [3.63, 3.8) is 0 Å². The van der Waals surface area contributed by atoms with Crippen LogP contribution in [0.4, 0.5) is 4.39 Å². The van der Waals surface area contributed by atoms with Crippen LogP contribution in [0.5, 0.6) is 5.75 Å². The van der Waals surface area contributed by atoms with E-state index in [-0.39, 0.29) is 36.9 Å². The number of halogens is 2. The Morgan fingerprint density at radius 2 is 2.03 bits per heavy atom. The lowest BCUT2D eigenvalue weighted by Crippen LogP contribution is -2.31. The van der Waals surface area contributed by atoms with Crippen LogP contribution in [0.3, 0.4) is 0 Å². The third-order valence-corrected chi connectivity index (χ3v) is 6.26. The molecule has 0 bridgehead atoms. The van der Waals surface area contributed by atoms with Crippen molar-refractivity contribution in [2.45, 2.75) is 27.2 Å². The number of rotatable bonds is 6. The third kappa shape index (κ3) is 5.02. The van der Waals surface area contributed by atoms with Gasteiger partial charge in [0.2, 0.25) is 0 Å². The average Bonchev–Trinajstić information content (AvgIpc) is 3.20. The fraction of sp³-hybridized carbons (Fsp3) is 0.280. The Bertz CT molecular complexity index is 1250. The number of hydrogen-bond donors (Lipinski definition) is 1. The van der Waals surface area contributed by atoms with Gasteiger partial charge in [0.25, 0.3) is 5.91 Å². The molecule has 0 fully saturated rings. The summed E-state index contributed by atoms with van der Waals surface area (Å²) in [6, 6.07) is 7.81. The number of carbonyl (C=O) groups excluding carboxylic acids is 1. The van der Waals surface area contributed by atoms with Gasteiger partial charge in [-0.15, -0.1) is 0 Å². The first kappa shape index (κ1) is 23.6. The van der Waals surface area contributed by atoms with E-state index >= 15 is 0 Å². The lowest BCUT2D eigenvalue weighted by Gasteiger charge is -2.18. The fourth-order valence-electron chi connectivity index (χ4n) is 3.80. The Hall–Kier alpha value is -3.52. The van der Waals surface area contributed by atoms with Gasteiger partial charge in [-0.1, -0.05) is 17.7 Å². The number of amides is 1. The highest BCUT2D eigenvalue weighted by molar-refractivity contribution is 6.31. The summed E-state index contributed by atoms with van der Waals surface area (Å²) in [6.45, 7) is 6.36. The van der Waals surface area contributed by atoms with E-state index in [2.05, 4.69) is 15.0 Å². The minimum absolute atomic E-state index is 0.194. The lowest BCUT2D eigenvalue weighted by atomic mass is 10.1. The zero-order valence-corrected chi connectivity index (χ0v) is 20.0. The molecule has 2 aromatic heterocycles. The lowest BCUT2D eigenvalue weighted by molar-refractivity contribution is -0.396. The van der Waals surface area contributed by atoms with Crippen LogP contribution < -0.4 is 15.5 Å². The molecule has 4 rings (SSSR count). The number of hydrogen-bond acceptors (Lipinski definition) is 5. The molecule has 0 aliphatic carbocycles. The molecular formula is C25H26ClFN5O2+. The summed E-state index contributed by atoms with van der Waals surface area (Å²) in [4.78, 5) is 26.8. The number of ether oxygens (including phenoxy) is 1. The molecule has 0 atom stereocenters. The number of aromatic amines is 1. The van der Waals surface area contributed by atoms with Crippen LogP contribution in [0.2, 0.25) is 5.02 Å². The van der Waals surface area contributed by atoms with Gasteiger partial charge >= 0.3 is 5.82 Å². The number of carbonyl (C=O) groups is 1. The monoisotopic (exact) mass is 482 g/mol. The second-order valence-corrected chi connectivity index (χ2v) is 8.70. The van der Waals surface area contributed by atoms with Crippen molar-refractivity contribution < 1.29 is 18.9 Å². The molecule has 176 valence electrons. The summed E-state index contributed by atoms with van der Waals surface area (Å²) >= 11 is 6.22. The van der Waals surface area contributed by atoms with Crippen LogP contribution >= 0.6 is 11.6 Å². The summed E-state index contributed by atoms with van der Waals surface area (Å²) in [6.07, 6.45) is 2.36. The molecular weight excluding hydrogens is 457 g/mol. The van der Waals surface area contributed by atoms with Crippen LogP contribution in [0.1, 0.15) is 38.8 Å². The molecule has 34 heavy (non-hydrogen) atoms. The Morgan fingerprint density at radius 1 is 1.24 bits per heavy atom. The molecule has 1 aliphatic heterocycles. The standard InChI is InChI=1S/C25H25ClFN5O2/c1-14-4-5-17(11-29-14)8-9-34-22-10-18(27)6-7-19(22)25(33)32-12-20(21(28)13-32)24-30-15(2)23(26)16(3)31-24/h4-7,10-11H,8-9,12-13,28H2,1-3H3/p+1. The van der Waals surface area contributed by atoms with E-state index in [0.29, 0.717) is 28.7 Å². The molecule has 1 amide bonds. The van der Waals surface area contributed by atoms with E-state index in [1.54, 1.807) is 11.1 Å².